The van der Waals surface area contributed by atoms with Crippen molar-refractivity contribution in [3.63, 3.8) is 0 Å². The SMILES string of the molecule is CC(C)C(CO)N1C(=O)c2ccc(Br)cc2C1=O. The fourth-order valence-electron chi connectivity index (χ4n) is 2.12. The minimum absolute atomic E-state index is 0.0145. The molecule has 0 bridgehead atoms. The van der Waals surface area contributed by atoms with Gasteiger partial charge in [-0.1, -0.05) is 29.8 Å². The highest BCUT2D eigenvalue weighted by Gasteiger charge is 2.40. The third kappa shape index (κ3) is 1.97. The van der Waals surface area contributed by atoms with Crippen LogP contribution in [-0.4, -0.2) is 34.5 Å². The number of amides is 2. The average molecular weight is 312 g/mol. The number of hydrogen-bond acceptors (Lipinski definition) is 3. The van der Waals surface area contributed by atoms with Crippen molar-refractivity contribution in [3.8, 4) is 0 Å². The van der Waals surface area contributed by atoms with Gasteiger partial charge in [0.2, 0.25) is 0 Å². The van der Waals surface area contributed by atoms with Crippen LogP contribution < -0.4 is 0 Å². The van der Waals surface area contributed by atoms with Crippen molar-refractivity contribution in [2.75, 3.05) is 6.61 Å². The van der Waals surface area contributed by atoms with Crippen molar-refractivity contribution in [3.05, 3.63) is 33.8 Å². The number of carbonyl (C=O) groups excluding carboxylic acids is 2. The van der Waals surface area contributed by atoms with Crippen molar-refractivity contribution in [1.29, 1.82) is 0 Å². The lowest BCUT2D eigenvalue weighted by Gasteiger charge is -2.27. The molecule has 18 heavy (non-hydrogen) atoms. The highest BCUT2D eigenvalue weighted by atomic mass is 79.9. The van der Waals surface area contributed by atoms with E-state index in [2.05, 4.69) is 15.9 Å². The van der Waals surface area contributed by atoms with E-state index in [9.17, 15) is 14.7 Å². The number of rotatable bonds is 3. The lowest BCUT2D eigenvalue weighted by Crippen LogP contribution is -2.45. The fourth-order valence-corrected chi connectivity index (χ4v) is 2.48. The molecule has 2 rings (SSSR count). The molecule has 96 valence electrons. The summed E-state index contributed by atoms with van der Waals surface area (Å²) >= 11 is 3.28. The van der Waals surface area contributed by atoms with E-state index in [4.69, 9.17) is 0 Å². The largest absolute Gasteiger partial charge is 0.394 e. The van der Waals surface area contributed by atoms with Gasteiger partial charge in [0.15, 0.2) is 0 Å². The first-order valence-corrected chi connectivity index (χ1v) is 6.55. The molecule has 5 heteroatoms. The van der Waals surface area contributed by atoms with Crippen LogP contribution in [-0.2, 0) is 0 Å². The van der Waals surface area contributed by atoms with Gasteiger partial charge in [-0.15, -0.1) is 0 Å². The van der Waals surface area contributed by atoms with Crippen LogP contribution in [0.3, 0.4) is 0 Å². The first kappa shape index (κ1) is 13.2. The zero-order chi connectivity index (χ0) is 13.4. The quantitative estimate of drug-likeness (QED) is 0.869. The maximum atomic E-state index is 12.2. The minimum Gasteiger partial charge on any atom is -0.394 e. The highest BCUT2D eigenvalue weighted by Crippen LogP contribution is 2.29. The molecule has 1 N–H and O–H groups in total. The Morgan fingerprint density at radius 1 is 1.22 bits per heavy atom. The predicted octanol–water partition coefficient (Wildman–Crippen LogP) is 2.06. The molecule has 1 aliphatic rings. The first-order chi connectivity index (χ1) is 8.47. The molecule has 0 aliphatic carbocycles. The van der Waals surface area contributed by atoms with Gasteiger partial charge in [-0.25, -0.2) is 0 Å². The molecule has 1 aromatic carbocycles. The molecular weight excluding hydrogens is 298 g/mol. The van der Waals surface area contributed by atoms with Crippen LogP contribution in [0.5, 0.6) is 0 Å². The molecule has 0 spiro atoms. The molecule has 2 amide bonds. The van der Waals surface area contributed by atoms with Gasteiger partial charge < -0.3 is 5.11 Å². The molecule has 0 saturated carbocycles. The average Bonchev–Trinajstić information content (AvgIpc) is 2.55. The summed E-state index contributed by atoms with van der Waals surface area (Å²) in [6.45, 7) is 3.53. The van der Waals surface area contributed by atoms with Gasteiger partial charge in [0.1, 0.15) is 0 Å². The summed E-state index contributed by atoms with van der Waals surface area (Å²) in [5.74, 6) is -0.639. The molecule has 0 saturated heterocycles. The molecule has 4 nitrogen and oxygen atoms in total. The minimum atomic E-state index is -0.476. The Morgan fingerprint density at radius 3 is 2.39 bits per heavy atom. The Morgan fingerprint density at radius 2 is 1.83 bits per heavy atom. The van der Waals surface area contributed by atoms with Gasteiger partial charge in [0, 0.05) is 4.47 Å². The van der Waals surface area contributed by atoms with E-state index in [1.54, 1.807) is 18.2 Å². The number of halogens is 1. The molecule has 1 heterocycles. The number of aliphatic hydroxyl groups is 1. The number of imide groups is 1. The maximum absolute atomic E-state index is 12.2. The van der Waals surface area contributed by atoms with Crippen LogP contribution in [0.4, 0.5) is 0 Å². The molecule has 0 radical (unpaired) electrons. The molecule has 0 fully saturated rings. The number of nitrogens with zero attached hydrogens (tertiary/aromatic N) is 1. The van der Waals surface area contributed by atoms with Crippen LogP contribution >= 0.6 is 15.9 Å². The van der Waals surface area contributed by atoms with Gasteiger partial charge in [-0.3, -0.25) is 14.5 Å². The van der Waals surface area contributed by atoms with Crippen LogP contribution in [0.2, 0.25) is 0 Å². The number of fused-ring (bicyclic) bond motifs is 1. The second-order valence-electron chi connectivity index (χ2n) is 4.66. The summed E-state index contributed by atoms with van der Waals surface area (Å²) in [5.41, 5.74) is 0.802. The lowest BCUT2D eigenvalue weighted by molar-refractivity contribution is 0.0452. The summed E-state index contributed by atoms with van der Waals surface area (Å²) in [7, 11) is 0. The van der Waals surface area contributed by atoms with Crippen LogP contribution in [0.15, 0.2) is 22.7 Å². The standard InChI is InChI=1S/C13H14BrNO3/c1-7(2)11(6-16)15-12(17)9-4-3-8(14)5-10(9)13(15)18/h3-5,7,11,16H,6H2,1-2H3. The van der Waals surface area contributed by atoms with Crippen molar-refractivity contribution in [1.82, 2.24) is 4.90 Å². The Balaban J connectivity index is 2.45. The zero-order valence-corrected chi connectivity index (χ0v) is 11.8. The smallest absolute Gasteiger partial charge is 0.261 e. The third-order valence-corrected chi connectivity index (χ3v) is 3.66. The van der Waals surface area contributed by atoms with Gasteiger partial charge in [-0.05, 0) is 24.1 Å². The Labute approximate surface area is 114 Å². The van der Waals surface area contributed by atoms with E-state index >= 15 is 0 Å². The van der Waals surface area contributed by atoms with Crippen molar-refractivity contribution in [2.45, 2.75) is 19.9 Å². The number of aliphatic hydroxyl groups excluding tert-OH is 1. The van der Waals surface area contributed by atoms with Gasteiger partial charge in [-0.2, -0.15) is 0 Å². The number of hydrogen-bond donors (Lipinski definition) is 1. The summed E-state index contributed by atoms with van der Waals surface area (Å²) in [4.78, 5) is 25.6. The monoisotopic (exact) mass is 311 g/mol. The first-order valence-electron chi connectivity index (χ1n) is 5.75. The summed E-state index contributed by atoms with van der Waals surface area (Å²) < 4.78 is 0.759. The lowest BCUT2D eigenvalue weighted by atomic mass is 10.0. The molecule has 0 aromatic heterocycles. The Kier molecular flexibility index (Phi) is 3.54. The summed E-state index contributed by atoms with van der Waals surface area (Å²) in [6.07, 6.45) is 0. The van der Waals surface area contributed by atoms with Gasteiger partial charge >= 0.3 is 0 Å². The zero-order valence-electron chi connectivity index (χ0n) is 10.2. The topological polar surface area (TPSA) is 57.6 Å². The molecule has 1 atom stereocenters. The summed E-state index contributed by atoms with van der Waals surface area (Å²) in [6, 6.07) is 4.53. The fraction of sp³-hybridized carbons (Fsp3) is 0.385. The van der Waals surface area contributed by atoms with Gasteiger partial charge in [0.25, 0.3) is 11.8 Å². The van der Waals surface area contributed by atoms with Gasteiger partial charge in [0.05, 0.1) is 23.8 Å². The number of benzene rings is 1. The number of carbonyl (C=O) groups is 2. The molecule has 1 unspecified atom stereocenters. The van der Waals surface area contributed by atoms with Crippen molar-refractivity contribution >= 4 is 27.7 Å². The Hall–Kier alpha value is -1.20. The normalized spacial score (nSPS) is 16.4. The van der Waals surface area contributed by atoms with Crippen LogP contribution in [0, 0.1) is 5.92 Å². The van der Waals surface area contributed by atoms with Crippen molar-refractivity contribution in [2.24, 2.45) is 5.92 Å². The van der Waals surface area contributed by atoms with E-state index in [1.165, 1.54) is 4.90 Å². The van der Waals surface area contributed by atoms with E-state index in [0.29, 0.717) is 11.1 Å². The van der Waals surface area contributed by atoms with E-state index in [-0.39, 0.29) is 24.3 Å². The molecule has 1 aromatic rings. The third-order valence-electron chi connectivity index (χ3n) is 3.17. The molecule has 1 aliphatic heterocycles. The van der Waals surface area contributed by atoms with E-state index < -0.39 is 6.04 Å². The molecular formula is C13H14BrNO3. The van der Waals surface area contributed by atoms with Crippen LogP contribution in [0.25, 0.3) is 0 Å². The van der Waals surface area contributed by atoms with E-state index in [1.807, 2.05) is 13.8 Å². The second-order valence-corrected chi connectivity index (χ2v) is 5.58. The van der Waals surface area contributed by atoms with E-state index in [0.717, 1.165) is 4.47 Å². The van der Waals surface area contributed by atoms with Crippen LogP contribution in [0.1, 0.15) is 34.6 Å². The van der Waals surface area contributed by atoms with Crippen molar-refractivity contribution < 1.29 is 14.7 Å². The second kappa shape index (κ2) is 4.82. The maximum Gasteiger partial charge on any atom is 0.261 e. The highest BCUT2D eigenvalue weighted by molar-refractivity contribution is 9.10. The predicted molar refractivity (Wildman–Crippen MR) is 70.4 cm³/mol. The Bertz CT molecular complexity index is 513. The summed E-state index contributed by atoms with van der Waals surface area (Å²) in [5, 5.41) is 9.37.